The van der Waals surface area contributed by atoms with E-state index in [4.69, 9.17) is 0 Å². The van der Waals surface area contributed by atoms with Gasteiger partial charge < -0.3 is 4.90 Å². The van der Waals surface area contributed by atoms with Crippen molar-refractivity contribution in [1.29, 1.82) is 0 Å². The molecule has 5 heteroatoms. The van der Waals surface area contributed by atoms with Crippen molar-refractivity contribution in [3.8, 4) is 0 Å². The van der Waals surface area contributed by atoms with Crippen LogP contribution in [-0.2, 0) is 10.0 Å². The summed E-state index contributed by atoms with van der Waals surface area (Å²) in [5.41, 5.74) is 3.19. The molecule has 0 amide bonds. The smallest absolute Gasteiger partial charge is 0.241 e. The zero-order chi connectivity index (χ0) is 23.3. The van der Waals surface area contributed by atoms with Crippen LogP contribution in [-0.4, -0.2) is 33.0 Å². The minimum absolute atomic E-state index is 0.0304. The van der Waals surface area contributed by atoms with Gasteiger partial charge >= 0.3 is 0 Å². The number of hydrogen-bond donors (Lipinski definition) is 1. The number of hydrogen-bond acceptors (Lipinski definition) is 3. The van der Waals surface area contributed by atoms with Gasteiger partial charge in [-0.2, -0.15) is 0 Å². The van der Waals surface area contributed by atoms with Crippen molar-refractivity contribution < 1.29 is 8.42 Å². The van der Waals surface area contributed by atoms with E-state index < -0.39 is 10.0 Å². The predicted molar refractivity (Wildman–Crippen MR) is 135 cm³/mol. The van der Waals surface area contributed by atoms with Gasteiger partial charge in [0.25, 0.3) is 0 Å². The number of likely N-dealkylation sites (tertiary alicyclic amines) is 1. The Kier molecular flexibility index (Phi) is 7.63. The first-order valence-electron chi connectivity index (χ1n) is 11.8. The number of benzene rings is 3. The summed E-state index contributed by atoms with van der Waals surface area (Å²) in [5, 5.41) is 0. The molecule has 0 saturated carbocycles. The molecular weight excluding hydrogens is 428 g/mol. The van der Waals surface area contributed by atoms with Crippen LogP contribution < -0.4 is 4.72 Å². The molecule has 174 valence electrons. The highest BCUT2D eigenvalue weighted by atomic mass is 32.2. The lowest BCUT2D eigenvalue weighted by atomic mass is 9.83. The van der Waals surface area contributed by atoms with E-state index in [2.05, 4.69) is 28.8 Å². The van der Waals surface area contributed by atoms with Crippen molar-refractivity contribution in [3.05, 3.63) is 102 Å². The van der Waals surface area contributed by atoms with Crippen molar-refractivity contribution in [3.63, 3.8) is 0 Å². The van der Waals surface area contributed by atoms with E-state index in [1.54, 1.807) is 12.1 Å². The Morgan fingerprint density at radius 3 is 2.09 bits per heavy atom. The lowest BCUT2D eigenvalue weighted by Crippen LogP contribution is -2.34. The predicted octanol–water partition coefficient (Wildman–Crippen LogP) is 5.67. The van der Waals surface area contributed by atoms with Gasteiger partial charge in [0.1, 0.15) is 0 Å². The third-order valence-corrected chi connectivity index (χ3v) is 8.34. The number of nitrogens with zero attached hydrogens (tertiary/aromatic N) is 1. The first-order valence-corrected chi connectivity index (χ1v) is 13.3. The van der Waals surface area contributed by atoms with E-state index in [-0.39, 0.29) is 12.0 Å². The fraction of sp³-hybridized carbons (Fsp3) is 0.357. The number of rotatable bonds is 9. The lowest BCUT2D eigenvalue weighted by Gasteiger charge is -2.31. The van der Waals surface area contributed by atoms with Gasteiger partial charge in [0.15, 0.2) is 0 Å². The number of aryl methyl sites for hydroxylation is 1. The Morgan fingerprint density at radius 2 is 1.52 bits per heavy atom. The number of sulfonamides is 1. The molecule has 1 fully saturated rings. The summed E-state index contributed by atoms with van der Waals surface area (Å²) in [6.07, 6.45) is 4.41. The summed E-state index contributed by atoms with van der Waals surface area (Å²) in [6.45, 7) is 3.10. The van der Waals surface area contributed by atoms with Gasteiger partial charge in [-0.15, -0.1) is 0 Å². The quantitative estimate of drug-likeness (QED) is 0.446. The van der Waals surface area contributed by atoms with E-state index in [1.165, 1.54) is 18.4 Å². The van der Waals surface area contributed by atoms with Gasteiger partial charge in [0.05, 0.1) is 10.9 Å². The fourth-order valence-corrected chi connectivity index (χ4v) is 6.20. The first-order chi connectivity index (χ1) is 15.9. The maximum absolute atomic E-state index is 13.5. The molecule has 3 atom stereocenters. The van der Waals surface area contributed by atoms with Crippen LogP contribution >= 0.6 is 0 Å². The lowest BCUT2D eigenvalue weighted by molar-refractivity contribution is 0.280. The second kappa shape index (κ2) is 10.6. The summed E-state index contributed by atoms with van der Waals surface area (Å²) < 4.78 is 30.0. The third-order valence-electron chi connectivity index (χ3n) is 6.88. The summed E-state index contributed by atoms with van der Waals surface area (Å²) in [5.74, 6) is 0.0304. The highest BCUT2D eigenvalue weighted by Crippen LogP contribution is 2.37. The minimum Gasteiger partial charge on any atom is -0.303 e. The van der Waals surface area contributed by atoms with Gasteiger partial charge in [-0.1, -0.05) is 78.4 Å². The van der Waals surface area contributed by atoms with Gasteiger partial charge in [-0.05, 0) is 69.5 Å². The summed E-state index contributed by atoms with van der Waals surface area (Å²) in [4.78, 5) is 2.74. The van der Waals surface area contributed by atoms with Crippen LogP contribution in [0.5, 0.6) is 0 Å². The molecule has 1 aliphatic rings. The largest absolute Gasteiger partial charge is 0.303 e. The number of nitrogens with one attached hydrogen (secondary N) is 1. The van der Waals surface area contributed by atoms with Crippen LogP contribution in [0, 0.1) is 6.92 Å². The van der Waals surface area contributed by atoms with Gasteiger partial charge in [-0.25, -0.2) is 13.1 Å². The summed E-state index contributed by atoms with van der Waals surface area (Å²) in [7, 11) is -1.49. The molecular formula is C28H34N2O2S. The van der Waals surface area contributed by atoms with E-state index in [0.29, 0.717) is 10.9 Å². The van der Waals surface area contributed by atoms with Crippen LogP contribution in [0.4, 0.5) is 0 Å². The zero-order valence-corrected chi connectivity index (χ0v) is 20.3. The molecule has 0 radical (unpaired) electrons. The Labute approximate surface area is 198 Å². The van der Waals surface area contributed by atoms with Crippen LogP contribution in [0.3, 0.4) is 0 Å². The monoisotopic (exact) mass is 462 g/mol. The van der Waals surface area contributed by atoms with Gasteiger partial charge in [0, 0.05) is 12.0 Å². The van der Waals surface area contributed by atoms with Crippen LogP contribution in [0.15, 0.2) is 89.8 Å². The average Bonchev–Trinajstić information content (AvgIpc) is 3.24. The topological polar surface area (TPSA) is 49.4 Å². The van der Waals surface area contributed by atoms with Crippen molar-refractivity contribution in [2.24, 2.45) is 0 Å². The normalized spacial score (nSPS) is 18.8. The highest BCUT2D eigenvalue weighted by molar-refractivity contribution is 7.89. The maximum Gasteiger partial charge on any atom is 0.241 e. The van der Waals surface area contributed by atoms with Gasteiger partial charge in [0.2, 0.25) is 10.0 Å². The summed E-state index contributed by atoms with van der Waals surface area (Å²) >= 11 is 0. The first kappa shape index (κ1) is 23.7. The van der Waals surface area contributed by atoms with E-state index in [0.717, 1.165) is 30.5 Å². The highest BCUT2D eigenvalue weighted by Gasteiger charge is 2.31. The molecule has 0 bridgehead atoms. The zero-order valence-electron chi connectivity index (χ0n) is 19.5. The molecule has 0 aliphatic carbocycles. The molecule has 1 heterocycles. The van der Waals surface area contributed by atoms with Crippen LogP contribution in [0.2, 0.25) is 0 Å². The maximum atomic E-state index is 13.5. The molecule has 1 aliphatic heterocycles. The van der Waals surface area contributed by atoms with Crippen molar-refractivity contribution in [2.45, 2.75) is 55.5 Å². The standard InChI is InChI=1S/C28H34N2O2S/c1-22-15-18-26(19-16-22)33(31,32)29-28(24-12-7-4-8-13-24)27(23-10-5-3-6-11-23)20-17-25-14-9-21-30(25)2/h3-8,10-13,15-16,18-19,25,27-29H,9,14,17,20-21H2,1-2H3/t25-,27+,28+/m0/s1. The molecule has 1 saturated heterocycles. The van der Waals surface area contributed by atoms with Gasteiger partial charge in [-0.3, -0.25) is 0 Å². The molecule has 0 unspecified atom stereocenters. The van der Waals surface area contributed by atoms with E-state index >= 15 is 0 Å². The molecule has 3 aromatic rings. The average molecular weight is 463 g/mol. The SMILES string of the molecule is Cc1ccc(S(=O)(=O)N[C@H](c2ccccc2)[C@H](CC[C@@H]2CCCN2C)c2ccccc2)cc1. The second-order valence-corrected chi connectivity index (χ2v) is 10.9. The van der Waals surface area contributed by atoms with E-state index in [1.807, 2.05) is 67.6 Å². The van der Waals surface area contributed by atoms with Crippen LogP contribution in [0.1, 0.15) is 54.3 Å². The Balaban J connectivity index is 1.69. The Morgan fingerprint density at radius 1 is 0.909 bits per heavy atom. The van der Waals surface area contributed by atoms with Crippen molar-refractivity contribution >= 4 is 10.0 Å². The second-order valence-electron chi connectivity index (χ2n) is 9.19. The third kappa shape index (κ3) is 5.91. The molecule has 0 aromatic heterocycles. The Hall–Kier alpha value is -2.47. The summed E-state index contributed by atoms with van der Waals surface area (Å²) in [6, 6.07) is 27.6. The molecule has 0 spiro atoms. The minimum atomic E-state index is -3.69. The fourth-order valence-electron chi connectivity index (χ4n) is 4.94. The van der Waals surface area contributed by atoms with E-state index in [9.17, 15) is 8.42 Å². The molecule has 33 heavy (non-hydrogen) atoms. The molecule has 4 rings (SSSR count). The molecule has 1 N–H and O–H groups in total. The van der Waals surface area contributed by atoms with Crippen LogP contribution in [0.25, 0.3) is 0 Å². The molecule has 4 nitrogen and oxygen atoms in total. The Bertz CT molecular complexity index is 1120. The molecule has 3 aromatic carbocycles. The van der Waals surface area contributed by atoms with Crippen molar-refractivity contribution in [1.82, 2.24) is 9.62 Å². The van der Waals surface area contributed by atoms with Crippen molar-refractivity contribution in [2.75, 3.05) is 13.6 Å².